The largest absolute Gasteiger partial charge is 0.298 e. The van der Waals surface area contributed by atoms with Crippen molar-refractivity contribution in [3.63, 3.8) is 0 Å². The van der Waals surface area contributed by atoms with Gasteiger partial charge in [-0.05, 0) is 32.2 Å². The molecule has 0 saturated carbocycles. The van der Waals surface area contributed by atoms with Crippen molar-refractivity contribution in [2.45, 2.75) is 30.7 Å². The number of likely N-dealkylation sites (tertiary alicyclic amines) is 2. The lowest BCUT2D eigenvalue weighted by atomic mass is 10.2. The van der Waals surface area contributed by atoms with Gasteiger partial charge in [0.15, 0.2) is 4.96 Å². The second kappa shape index (κ2) is 6.55. The van der Waals surface area contributed by atoms with E-state index in [0.29, 0.717) is 11.3 Å². The van der Waals surface area contributed by atoms with Crippen molar-refractivity contribution in [1.29, 1.82) is 0 Å². The van der Waals surface area contributed by atoms with Gasteiger partial charge in [-0.3, -0.25) is 19.0 Å². The Labute approximate surface area is 144 Å². The van der Waals surface area contributed by atoms with E-state index in [1.807, 2.05) is 17.1 Å². The van der Waals surface area contributed by atoms with Crippen molar-refractivity contribution in [1.82, 2.24) is 19.2 Å². The highest BCUT2D eigenvalue weighted by Gasteiger charge is 2.37. The number of hydrogen-bond donors (Lipinski definition) is 0. The van der Waals surface area contributed by atoms with Gasteiger partial charge in [0, 0.05) is 48.6 Å². The van der Waals surface area contributed by atoms with Crippen LogP contribution in [0.5, 0.6) is 0 Å². The topological polar surface area (TPSA) is 40.9 Å². The summed E-state index contributed by atoms with van der Waals surface area (Å²) in [7, 11) is 0. The summed E-state index contributed by atoms with van der Waals surface area (Å²) >= 11 is 3.50. The minimum atomic E-state index is 0.0305. The molecule has 0 amide bonds. The number of aromatic nitrogens is 2. The number of thioether (sulfide) groups is 1. The molecule has 0 aliphatic carbocycles. The molecule has 2 aliphatic rings. The molecule has 2 aromatic heterocycles. The van der Waals surface area contributed by atoms with Crippen LogP contribution in [-0.4, -0.2) is 62.9 Å². The summed E-state index contributed by atoms with van der Waals surface area (Å²) < 4.78 is 1.62. The van der Waals surface area contributed by atoms with Crippen LogP contribution in [0.25, 0.3) is 4.96 Å². The monoisotopic (exact) mass is 350 g/mol. The molecule has 2 aliphatic heterocycles. The molecule has 0 N–H and O–H groups in total. The van der Waals surface area contributed by atoms with E-state index in [2.05, 4.69) is 21.0 Å². The standard InChI is InChI=1S/C16H22N4OS2/c1-22-14-11-18(10-13(14)19-4-2-3-5-19)9-12-8-15(21)20-6-7-23-16(20)17-12/h6-8,13-14H,2-5,9-11H2,1H3/t13-,14-/m1/s1. The smallest absolute Gasteiger partial charge is 0.258 e. The molecule has 2 atom stereocenters. The van der Waals surface area contributed by atoms with E-state index in [4.69, 9.17) is 0 Å². The molecule has 124 valence electrons. The third-order valence-electron chi connectivity index (χ3n) is 4.97. The zero-order valence-corrected chi connectivity index (χ0v) is 15.0. The van der Waals surface area contributed by atoms with Crippen molar-refractivity contribution in [3.05, 3.63) is 33.7 Å². The van der Waals surface area contributed by atoms with Gasteiger partial charge < -0.3 is 0 Å². The average molecular weight is 351 g/mol. The Hall–Kier alpha value is -0.890. The van der Waals surface area contributed by atoms with Gasteiger partial charge >= 0.3 is 0 Å². The molecule has 2 aromatic rings. The number of nitrogens with zero attached hydrogens (tertiary/aromatic N) is 4. The molecule has 5 nitrogen and oxygen atoms in total. The SMILES string of the molecule is CS[C@@H]1CN(Cc2cc(=O)n3ccsc3n2)C[C@H]1N1CCCC1. The first-order valence-electron chi connectivity index (χ1n) is 8.19. The molecule has 0 bridgehead atoms. The van der Waals surface area contributed by atoms with Gasteiger partial charge in [-0.2, -0.15) is 11.8 Å². The lowest BCUT2D eigenvalue weighted by molar-refractivity contribution is 0.230. The van der Waals surface area contributed by atoms with Crippen LogP contribution in [0.3, 0.4) is 0 Å². The second-order valence-corrected chi connectivity index (χ2v) is 8.37. The van der Waals surface area contributed by atoms with E-state index < -0.39 is 0 Å². The zero-order chi connectivity index (χ0) is 15.8. The van der Waals surface area contributed by atoms with E-state index in [-0.39, 0.29) is 5.56 Å². The maximum absolute atomic E-state index is 12.1. The highest BCUT2D eigenvalue weighted by Crippen LogP contribution is 2.28. The molecule has 0 radical (unpaired) electrons. The Morgan fingerprint density at radius 1 is 1.35 bits per heavy atom. The van der Waals surface area contributed by atoms with Crippen LogP contribution in [0.1, 0.15) is 18.5 Å². The first-order valence-corrected chi connectivity index (χ1v) is 10.4. The third-order valence-corrected chi connectivity index (χ3v) is 6.79. The molecular formula is C16H22N4OS2. The molecule has 0 unspecified atom stereocenters. The molecule has 23 heavy (non-hydrogen) atoms. The van der Waals surface area contributed by atoms with Crippen LogP contribution in [-0.2, 0) is 6.54 Å². The van der Waals surface area contributed by atoms with Crippen molar-refractivity contribution in [2.24, 2.45) is 0 Å². The van der Waals surface area contributed by atoms with Gasteiger partial charge in [-0.15, -0.1) is 11.3 Å². The first-order chi connectivity index (χ1) is 11.2. The normalized spacial score (nSPS) is 26.5. The molecule has 0 aromatic carbocycles. The van der Waals surface area contributed by atoms with Crippen LogP contribution in [0.4, 0.5) is 0 Å². The van der Waals surface area contributed by atoms with Gasteiger partial charge in [0.2, 0.25) is 0 Å². The molecule has 4 rings (SSSR count). The predicted octanol–water partition coefficient (Wildman–Crippen LogP) is 1.77. The Balaban J connectivity index is 1.50. The summed E-state index contributed by atoms with van der Waals surface area (Å²) in [6.45, 7) is 5.46. The maximum atomic E-state index is 12.1. The molecular weight excluding hydrogens is 328 g/mol. The highest BCUT2D eigenvalue weighted by atomic mass is 32.2. The molecule has 4 heterocycles. The summed E-state index contributed by atoms with van der Waals surface area (Å²) in [6, 6.07) is 2.34. The van der Waals surface area contributed by atoms with Crippen molar-refractivity contribution < 1.29 is 0 Å². The zero-order valence-electron chi connectivity index (χ0n) is 13.4. The van der Waals surface area contributed by atoms with E-state index in [0.717, 1.165) is 30.3 Å². The quantitative estimate of drug-likeness (QED) is 0.841. The van der Waals surface area contributed by atoms with E-state index in [1.54, 1.807) is 16.7 Å². The summed E-state index contributed by atoms with van der Waals surface area (Å²) in [5.74, 6) is 0. The van der Waals surface area contributed by atoms with E-state index in [9.17, 15) is 4.79 Å². The Morgan fingerprint density at radius 3 is 2.96 bits per heavy atom. The number of hydrogen-bond acceptors (Lipinski definition) is 6. The number of thiazole rings is 1. The molecule has 7 heteroatoms. The van der Waals surface area contributed by atoms with Crippen LogP contribution < -0.4 is 5.56 Å². The highest BCUT2D eigenvalue weighted by molar-refractivity contribution is 7.99. The fourth-order valence-electron chi connectivity index (χ4n) is 3.82. The van der Waals surface area contributed by atoms with Crippen molar-refractivity contribution in [3.8, 4) is 0 Å². The Kier molecular flexibility index (Phi) is 4.45. The van der Waals surface area contributed by atoms with Crippen LogP contribution in [0, 0.1) is 0 Å². The summed E-state index contributed by atoms with van der Waals surface area (Å²) in [6.07, 6.45) is 6.69. The Bertz CT molecular complexity index is 737. The van der Waals surface area contributed by atoms with Gasteiger partial charge in [0.05, 0.1) is 5.69 Å². The molecule has 2 saturated heterocycles. The van der Waals surface area contributed by atoms with Gasteiger partial charge in [-0.25, -0.2) is 4.98 Å². The fraction of sp³-hybridized carbons (Fsp3) is 0.625. The fourth-order valence-corrected chi connectivity index (χ4v) is 5.49. The summed E-state index contributed by atoms with van der Waals surface area (Å²) in [5, 5.41) is 2.58. The van der Waals surface area contributed by atoms with Crippen LogP contribution >= 0.6 is 23.1 Å². The van der Waals surface area contributed by atoms with E-state index in [1.165, 1.54) is 37.3 Å². The lowest BCUT2D eigenvalue weighted by Crippen LogP contribution is -2.40. The van der Waals surface area contributed by atoms with Gasteiger partial charge in [-0.1, -0.05) is 0 Å². The van der Waals surface area contributed by atoms with Crippen LogP contribution in [0.2, 0.25) is 0 Å². The molecule has 2 fully saturated rings. The van der Waals surface area contributed by atoms with Crippen LogP contribution in [0.15, 0.2) is 22.4 Å². The number of rotatable bonds is 4. The molecule has 0 spiro atoms. The Morgan fingerprint density at radius 2 is 2.17 bits per heavy atom. The van der Waals surface area contributed by atoms with Gasteiger partial charge in [0.1, 0.15) is 0 Å². The van der Waals surface area contributed by atoms with Crippen molar-refractivity contribution in [2.75, 3.05) is 32.4 Å². The predicted molar refractivity (Wildman–Crippen MR) is 96.5 cm³/mol. The average Bonchev–Trinajstić information content (AvgIpc) is 3.27. The lowest BCUT2D eigenvalue weighted by Gasteiger charge is -2.27. The summed E-state index contributed by atoms with van der Waals surface area (Å²) in [5.41, 5.74) is 0.933. The van der Waals surface area contributed by atoms with E-state index >= 15 is 0 Å². The minimum Gasteiger partial charge on any atom is -0.298 e. The van der Waals surface area contributed by atoms with Crippen molar-refractivity contribution >= 4 is 28.1 Å². The third kappa shape index (κ3) is 3.07. The van der Waals surface area contributed by atoms with Gasteiger partial charge in [0.25, 0.3) is 5.56 Å². The maximum Gasteiger partial charge on any atom is 0.258 e. The number of fused-ring (bicyclic) bond motifs is 1. The second-order valence-electron chi connectivity index (χ2n) is 6.42. The summed E-state index contributed by atoms with van der Waals surface area (Å²) in [4.78, 5) is 22.7. The first kappa shape index (κ1) is 15.6. The minimum absolute atomic E-state index is 0.0305.